The van der Waals surface area contributed by atoms with Crippen LogP contribution in [0.2, 0.25) is 0 Å². The van der Waals surface area contributed by atoms with Crippen LogP contribution < -0.4 is 0 Å². The van der Waals surface area contributed by atoms with Crippen molar-refractivity contribution in [2.45, 2.75) is 11.3 Å². The van der Waals surface area contributed by atoms with Gasteiger partial charge < -0.3 is 10.0 Å². The van der Waals surface area contributed by atoms with Gasteiger partial charge >= 0.3 is 5.97 Å². The summed E-state index contributed by atoms with van der Waals surface area (Å²) in [6, 6.07) is 4.49. The zero-order valence-corrected chi connectivity index (χ0v) is 13.0. The molecule has 5 nitrogen and oxygen atoms in total. The van der Waals surface area contributed by atoms with Gasteiger partial charge in [0.1, 0.15) is 0 Å². The Morgan fingerprint density at radius 3 is 2.53 bits per heavy atom. The molecule has 1 aromatic rings. The van der Waals surface area contributed by atoms with Gasteiger partial charge in [0.25, 0.3) is 0 Å². The van der Waals surface area contributed by atoms with Crippen molar-refractivity contribution in [3.63, 3.8) is 0 Å². The van der Waals surface area contributed by atoms with Gasteiger partial charge in [-0.15, -0.1) is 0 Å². The maximum absolute atomic E-state index is 12.1. The maximum atomic E-state index is 12.1. The summed E-state index contributed by atoms with van der Waals surface area (Å²) in [6.07, 6.45) is 0.116. The van der Waals surface area contributed by atoms with Crippen LogP contribution in [0, 0.1) is 0 Å². The molecule has 1 unspecified atom stereocenters. The summed E-state index contributed by atoms with van der Waals surface area (Å²) in [6.45, 7) is 0. The second-order valence-electron chi connectivity index (χ2n) is 4.03. The molecule has 0 saturated carbocycles. The Labute approximate surface area is 122 Å². The SMILES string of the molecule is CN(C)C(=O)CCS(=O)c1cc(Br)ccc1C(=O)O. The summed E-state index contributed by atoms with van der Waals surface area (Å²) in [4.78, 5) is 24.1. The number of benzene rings is 1. The molecule has 1 amide bonds. The molecule has 1 atom stereocenters. The van der Waals surface area contributed by atoms with Crippen LogP contribution in [0.25, 0.3) is 0 Å². The van der Waals surface area contributed by atoms with Gasteiger partial charge in [-0.25, -0.2) is 4.79 Å². The second kappa shape index (κ2) is 6.81. The lowest BCUT2D eigenvalue weighted by molar-refractivity contribution is -0.128. The van der Waals surface area contributed by atoms with Crippen molar-refractivity contribution in [1.29, 1.82) is 0 Å². The fourth-order valence-corrected chi connectivity index (χ4v) is 3.13. The van der Waals surface area contributed by atoms with E-state index in [1.54, 1.807) is 20.2 Å². The Hall–Kier alpha value is -1.21. The molecule has 1 N–H and O–H groups in total. The molecule has 0 aliphatic carbocycles. The number of carboxylic acids is 1. The highest BCUT2D eigenvalue weighted by atomic mass is 79.9. The summed E-state index contributed by atoms with van der Waals surface area (Å²) >= 11 is 3.21. The van der Waals surface area contributed by atoms with E-state index in [0.29, 0.717) is 4.47 Å². The Balaban J connectivity index is 2.90. The molecule has 19 heavy (non-hydrogen) atoms. The number of rotatable bonds is 5. The number of amides is 1. The van der Waals surface area contributed by atoms with Crippen LogP contribution in [0.15, 0.2) is 27.6 Å². The normalized spacial score (nSPS) is 11.9. The van der Waals surface area contributed by atoms with Crippen molar-refractivity contribution in [2.75, 3.05) is 19.8 Å². The van der Waals surface area contributed by atoms with Crippen LogP contribution in [0.1, 0.15) is 16.8 Å². The highest BCUT2D eigenvalue weighted by molar-refractivity contribution is 9.10. The van der Waals surface area contributed by atoms with Crippen molar-refractivity contribution < 1.29 is 18.9 Å². The van der Waals surface area contributed by atoms with Gasteiger partial charge in [0.2, 0.25) is 5.91 Å². The topological polar surface area (TPSA) is 74.7 Å². The molecule has 0 saturated heterocycles. The number of carbonyl (C=O) groups is 2. The number of halogens is 1. The largest absolute Gasteiger partial charge is 0.478 e. The van der Waals surface area contributed by atoms with E-state index in [1.165, 1.54) is 17.0 Å². The van der Waals surface area contributed by atoms with Crippen molar-refractivity contribution in [3.8, 4) is 0 Å². The first-order chi connectivity index (χ1) is 8.82. The molecule has 104 valence electrons. The van der Waals surface area contributed by atoms with Gasteiger partial charge in [-0.2, -0.15) is 0 Å². The zero-order chi connectivity index (χ0) is 14.6. The summed E-state index contributed by atoms with van der Waals surface area (Å²) in [5.41, 5.74) is -0.00108. The molecule has 7 heteroatoms. The predicted octanol–water partition coefficient (Wildman–Crippen LogP) is 1.73. The number of hydrogen-bond acceptors (Lipinski definition) is 3. The third-order valence-electron chi connectivity index (χ3n) is 2.42. The van der Waals surface area contributed by atoms with Crippen molar-refractivity contribution in [2.24, 2.45) is 0 Å². The second-order valence-corrected chi connectivity index (χ2v) is 6.49. The van der Waals surface area contributed by atoms with E-state index in [-0.39, 0.29) is 28.5 Å². The highest BCUT2D eigenvalue weighted by Gasteiger charge is 2.17. The van der Waals surface area contributed by atoms with Crippen molar-refractivity contribution in [1.82, 2.24) is 4.90 Å². The minimum Gasteiger partial charge on any atom is -0.478 e. The summed E-state index contributed by atoms with van der Waals surface area (Å²) in [5, 5.41) is 9.05. The van der Waals surface area contributed by atoms with Crippen molar-refractivity contribution in [3.05, 3.63) is 28.2 Å². The quantitative estimate of drug-likeness (QED) is 0.880. The average Bonchev–Trinajstić information content (AvgIpc) is 2.34. The monoisotopic (exact) mass is 347 g/mol. The Kier molecular flexibility index (Phi) is 5.68. The Morgan fingerprint density at radius 2 is 2.00 bits per heavy atom. The van der Waals surface area contributed by atoms with E-state index in [2.05, 4.69) is 15.9 Å². The fourth-order valence-electron chi connectivity index (χ4n) is 1.37. The zero-order valence-electron chi connectivity index (χ0n) is 10.6. The van der Waals surface area contributed by atoms with Crippen LogP contribution in [-0.4, -0.2) is 45.9 Å². The van der Waals surface area contributed by atoms with E-state index < -0.39 is 16.8 Å². The van der Waals surface area contributed by atoms with Crippen LogP contribution in [-0.2, 0) is 15.6 Å². The van der Waals surface area contributed by atoms with Gasteiger partial charge in [-0.3, -0.25) is 9.00 Å². The molecular formula is C12H14BrNO4S. The smallest absolute Gasteiger partial charge is 0.336 e. The fraction of sp³-hybridized carbons (Fsp3) is 0.333. The van der Waals surface area contributed by atoms with E-state index in [4.69, 9.17) is 5.11 Å². The first-order valence-electron chi connectivity index (χ1n) is 5.44. The van der Waals surface area contributed by atoms with Gasteiger partial charge in [-0.1, -0.05) is 15.9 Å². The maximum Gasteiger partial charge on any atom is 0.336 e. The molecule has 0 aliphatic rings. The summed E-state index contributed by atoms with van der Waals surface area (Å²) in [5.74, 6) is -1.16. The van der Waals surface area contributed by atoms with E-state index in [0.717, 1.165) is 0 Å². The van der Waals surface area contributed by atoms with E-state index in [1.807, 2.05) is 0 Å². The average molecular weight is 348 g/mol. The van der Waals surface area contributed by atoms with Crippen LogP contribution >= 0.6 is 15.9 Å². The number of nitrogens with zero attached hydrogens (tertiary/aromatic N) is 1. The molecule has 1 aromatic carbocycles. The third kappa shape index (κ3) is 4.43. The first-order valence-corrected chi connectivity index (χ1v) is 7.55. The molecule has 1 rings (SSSR count). The van der Waals surface area contributed by atoms with E-state index in [9.17, 15) is 13.8 Å². The summed E-state index contributed by atoms with van der Waals surface area (Å²) in [7, 11) is 1.71. The predicted molar refractivity (Wildman–Crippen MR) is 75.7 cm³/mol. The third-order valence-corrected chi connectivity index (χ3v) is 4.32. The minimum atomic E-state index is -1.52. The van der Waals surface area contributed by atoms with Gasteiger partial charge in [-0.05, 0) is 18.2 Å². The Morgan fingerprint density at radius 1 is 1.37 bits per heavy atom. The minimum absolute atomic E-state index is 0.00108. The lowest BCUT2D eigenvalue weighted by atomic mass is 10.2. The molecule has 0 heterocycles. The van der Waals surface area contributed by atoms with Gasteiger partial charge in [0.15, 0.2) is 0 Å². The van der Waals surface area contributed by atoms with Crippen LogP contribution in [0.3, 0.4) is 0 Å². The number of carboxylic acid groups (broad SMARTS) is 1. The number of hydrogen-bond donors (Lipinski definition) is 1. The van der Waals surface area contributed by atoms with Gasteiger partial charge in [0, 0.05) is 30.7 Å². The highest BCUT2D eigenvalue weighted by Crippen LogP contribution is 2.20. The van der Waals surface area contributed by atoms with Crippen LogP contribution in [0.4, 0.5) is 0 Å². The first kappa shape index (κ1) is 15.8. The standard InChI is InChI=1S/C12H14BrNO4S/c1-14(2)11(15)5-6-19(18)10-7-8(13)3-4-9(10)12(16)17/h3-4,7H,5-6H2,1-2H3,(H,16,17). The lowest BCUT2D eigenvalue weighted by Gasteiger charge is -2.10. The lowest BCUT2D eigenvalue weighted by Crippen LogP contribution is -2.23. The molecule has 0 bridgehead atoms. The number of aromatic carboxylic acids is 1. The molecule has 0 aromatic heterocycles. The Bertz CT molecular complexity index is 530. The number of carbonyl (C=O) groups excluding carboxylic acids is 1. The van der Waals surface area contributed by atoms with Gasteiger partial charge in [0.05, 0.1) is 21.3 Å². The summed E-state index contributed by atoms with van der Waals surface area (Å²) < 4.78 is 12.8. The van der Waals surface area contributed by atoms with E-state index >= 15 is 0 Å². The molecule has 0 aliphatic heterocycles. The molecule has 0 spiro atoms. The van der Waals surface area contributed by atoms with Crippen molar-refractivity contribution >= 4 is 38.6 Å². The molecule has 0 fully saturated rings. The van der Waals surface area contributed by atoms with Crippen LogP contribution in [0.5, 0.6) is 0 Å². The molecular weight excluding hydrogens is 334 g/mol. The molecule has 0 radical (unpaired) electrons.